The maximum atomic E-state index is 12.1. The Hall–Kier alpha value is -1.84. The first-order chi connectivity index (χ1) is 9.47. The molecule has 1 aromatic rings. The predicted molar refractivity (Wildman–Crippen MR) is 79.5 cm³/mol. The van der Waals surface area contributed by atoms with Crippen LogP contribution in [0.15, 0.2) is 24.3 Å². The van der Waals surface area contributed by atoms with Crippen LogP contribution in [0.1, 0.15) is 25.8 Å². The van der Waals surface area contributed by atoms with Crippen molar-refractivity contribution in [2.45, 2.75) is 27.2 Å². The van der Waals surface area contributed by atoms with Crippen LogP contribution in [-0.2, 0) is 9.59 Å². The minimum Gasteiger partial charge on any atom is -0.356 e. The summed E-state index contributed by atoms with van der Waals surface area (Å²) in [5.74, 6) is 0.202. The summed E-state index contributed by atoms with van der Waals surface area (Å²) in [6, 6.07) is 7.83. The maximum Gasteiger partial charge on any atom is 0.227 e. The molecule has 0 aliphatic carbocycles. The molecule has 1 fully saturated rings. The number of nitrogens with one attached hydrogen (secondary N) is 1. The number of anilines is 1. The molecular formula is C16H22N2O2. The van der Waals surface area contributed by atoms with Crippen LogP contribution in [0.3, 0.4) is 0 Å². The van der Waals surface area contributed by atoms with Crippen molar-refractivity contribution < 1.29 is 9.59 Å². The molecule has 1 aliphatic rings. The molecule has 0 aromatic heterocycles. The van der Waals surface area contributed by atoms with E-state index in [9.17, 15) is 9.59 Å². The molecule has 0 saturated carbocycles. The van der Waals surface area contributed by atoms with Crippen molar-refractivity contribution in [1.29, 1.82) is 0 Å². The standard InChI is InChI=1S/C16H22N2O2/c1-11(2)9-17-16(20)13-8-15(19)18(10-13)14-6-4-5-12(3)7-14/h4-7,11,13H,8-10H2,1-3H3,(H,17,20)/t13-/m0/s1. The van der Waals surface area contributed by atoms with E-state index in [1.54, 1.807) is 4.90 Å². The lowest BCUT2D eigenvalue weighted by Crippen LogP contribution is -2.35. The highest BCUT2D eigenvalue weighted by Crippen LogP contribution is 2.25. The van der Waals surface area contributed by atoms with Gasteiger partial charge in [0.25, 0.3) is 0 Å². The molecule has 2 amide bonds. The Morgan fingerprint density at radius 1 is 1.45 bits per heavy atom. The van der Waals surface area contributed by atoms with Gasteiger partial charge in [0.15, 0.2) is 0 Å². The zero-order valence-corrected chi connectivity index (χ0v) is 12.3. The molecule has 4 nitrogen and oxygen atoms in total. The lowest BCUT2D eigenvalue weighted by Gasteiger charge is -2.17. The zero-order valence-electron chi connectivity index (χ0n) is 12.3. The van der Waals surface area contributed by atoms with E-state index in [1.807, 2.05) is 31.2 Å². The van der Waals surface area contributed by atoms with Gasteiger partial charge in [-0.1, -0.05) is 26.0 Å². The van der Waals surface area contributed by atoms with Crippen LogP contribution in [0, 0.1) is 18.8 Å². The van der Waals surface area contributed by atoms with E-state index < -0.39 is 0 Å². The number of hydrogen-bond acceptors (Lipinski definition) is 2. The third-order valence-electron chi connectivity index (χ3n) is 3.49. The second kappa shape index (κ2) is 6.07. The van der Waals surface area contributed by atoms with E-state index in [0.29, 0.717) is 25.4 Å². The Balaban J connectivity index is 2.02. The third kappa shape index (κ3) is 3.38. The molecule has 0 unspecified atom stereocenters. The van der Waals surface area contributed by atoms with E-state index in [0.717, 1.165) is 11.3 Å². The van der Waals surface area contributed by atoms with Gasteiger partial charge in [-0.05, 0) is 30.5 Å². The summed E-state index contributed by atoms with van der Waals surface area (Å²) in [5, 5.41) is 2.91. The third-order valence-corrected chi connectivity index (χ3v) is 3.49. The predicted octanol–water partition coefficient (Wildman–Crippen LogP) is 2.12. The van der Waals surface area contributed by atoms with E-state index in [1.165, 1.54) is 0 Å². The molecule has 1 atom stereocenters. The normalized spacial score (nSPS) is 18.7. The molecule has 4 heteroatoms. The largest absolute Gasteiger partial charge is 0.356 e. The summed E-state index contributed by atoms with van der Waals surface area (Å²) in [5.41, 5.74) is 2.00. The molecule has 1 N–H and O–H groups in total. The molecule has 0 bridgehead atoms. The lowest BCUT2D eigenvalue weighted by atomic mass is 10.1. The summed E-state index contributed by atoms with van der Waals surface area (Å²) in [6.45, 7) is 7.25. The average Bonchev–Trinajstić information content (AvgIpc) is 2.78. The number of nitrogens with zero attached hydrogens (tertiary/aromatic N) is 1. The molecule has 108 valence electrons. The van der Waals surface area contributed by atoms with E-state index in [4.69, 9.17) is 0 Å². The van der Waals surface area contributed by atoms with Gasteiger partial charge in [-0.3, -0.25) is 9.59 Å². The van der Waals surface area contributed by atoms with Crippen LogP contribution in [0.2, 0.25) is 0 Å². The van der Waals surface area contributed by atoms with Crippen molar-refractivity contribution in [2.24, 2.45) is 11.8 Å². The second-order valence-electron chi connectivity index (χ2n) is 5.88. The minimum absolute atomic E-state index is 0.0118. The number of rotatable bonds is 4. The molecule has 2 rings (SSSR count). The summed E-state index contributed by atoms with van der Waals surface area (Å²) >= 11 is 0. The fraction of sp³-hybridized carbons (Fsp3) is 0.500. The van der Waals surface area contributed by atoms with Gasteiger partial charge in [0.05, 0.1) is 5.92 Å². The molecule has 20 heavy (non-hydrogen) atoms. The second-order valence-corrected chi connectivity index (χ2v) is 5.88. The van der Waals surface area contributed by atoms with Crippen LogP contribution < -0.4 is 10.2 Å². The summed E-state index contributed by atoms with van der Waals surface area (Å²) in [6.07, 6.45) is 0.303. The van der Waals surface area contributed by atoms with E-state index in [2.05, 4.69) is 19.2 Å². The first kappa shape index (κ1) is 14.6. The number of carbonyl (C=O) groups is 2. The monoisotopic (exact) mass is 274 g/mol. The highest BCUT2D eigenvalue weighted by molar-refractivity contribution is 6.00. The first-order valence-electron chi connectivity index (χ1n) is 7.12. The van der Waals surface area contributed by atoms with Crippen molar-refractivity contribution in [1.82, 2.24) is 5.32 Å². The topological polar surface area (TPSA) is 49.4 Å². The van der Waals surface area contributed by atoms with Gasteiger partial charge in [-0.2, -0.15) is 0 Å². The first-order valence-corrected chi connectivity index (χ1v) is 7.12. The molecule has 1 aliphatic heterocycles. The number of amides is 2. The molecule has 1 heterocycles. The van der Waals surface area contributed by atoms with Gasteiger partial charge < -0.3 is 10.2 Å². The van der Waals surface area contributed by atoms with Gasteiger partial charge in [-0.15, -0.1) is 0 Å². The van der Waals surface area contributed by atoms with Crippen molar-refractivity contribution in [3.63, 3.8) is 0 Å². The lowest BCUT2D eigenvalue weighted by molar-refractivity contribution is -0.126. The Bertz CT molecular complexity index is 511. The Morgan fingerprint density at radius 3 is 2.85 bits per heavy atom. The average molecular weight is 274 g/mol. The molecular weight excluding hydrogens is 252 g/mol. The fourth-order valence-corrected chi connectivity index (χ4v) is 2.38. The molecule has 1 aromatic carbocycles. The van der Waals surface area contributed by atoms with Crippen LogP contribution in [0.5, 0.6) is 0 Å². The van der Waals surface area contributed by atoms with Crippen molar-refractivity contribution >= 4 is 17.5 Å². The summed E-state index contributed by atoms with van der Waals surface area (Å²) in [4.78, 5) is 25.8. The number of hydrogen-bond donors (Lipinski definition) is 1. The number of benzene rings is 1. The van der Waals surface area contributed by atoms with E-state index in [-0.39, 0.29) is 17.7 Å². The van der Waals surface area contributed by atoms with Crippen LogP contribution in [-0.4, -0.2) is 24.9 Å². The zero-order chi connectivity index (χ0) is 14.7. The Morgan fingerprint density at radius 2 is 2.20 bits per heavy atom. The molecule has 0 spiro atoms. The Kier molecular flexibility index (Phi) is 4.42. The number of aryl methyl sites for hydroxylation is 1. The SMILES string of the molecule is Cc1cccc(N2C[C@@H](C(=O)NCC(C)C)CC2=O)c1. The van der Waals surface area contributed by atoms with Crippen LogP contribution in [0.4, 0.5) is 5.69 Å². The van der Waals surface area contributed by atoms with Crippen molar-refractivity contribution in [3.05, 3.63) is 29.8 Å². The van der Waals surface area contributed by atoms with Gasteiger partial charge in [0.1, 0.15) is 0 Å². The van der Waals surface area contributed by atoms with Gasteiger partial charge in [0, 0.05) is 25.2 Å². The highest BCUT2D eigenvalue weighted by atomic mass is 16.2. The highest BCUT2D eigenvalue weighted by Gasteiger charge is 2.34. The smallest absolute Gasteiger partial charge is 0.227 e. The Labute approximate surface area is 120 Å². The van der Waals surface area contributed by atoms with Crippen LogP contribution >= 0.6 is 0 Å². The van der Waals surface area contributed by atoms with Gasteiger partial charge in [0.2, 0.25) is 11.8 Å². The minimum atomic E-state index is -0.234. The van der Waals surface area contributed by atoms with Crippen molar-refractivity contribution in [3.8, 4) is 0 Å². The van der Waals surface area contributed by atoms with Gasteiger partial charge >= 0.3 is 0 Å². The molecule has 0 radical (unpaired) electrons. The molecule has 1 saturated heterocycles. The van der Waals surface area contributed by atoms with Crippen LogP contribution in [0.25, 0.3) is 0 Å². The van der Waals surface area contributed by atoms with Gasteiger partial charge in [-0.25, -0.2) is 0 Å². The number of carbonyl (C=O) groups excluding carboxylic acids is 2. The van der Waals surface area contributed by atoms with Crippen molar-refractivity contribution in [2.75, 3.05) is 18.0 Å². The fourth-order valence-electron chi connectivity index (χ4n) is 2.38. The summed E-state index contributed by atoms with van der Waals surface area (Å²) in [7, 11) is 0. The maximum absolute atomic E-state index is 12.1. The quantitative estimate of drug-likeness (QED) is 0.914. The summed E-state index contributed by atoms with van der Waals surface area (Å²) < 4.78 is 0. The van der Waals surface area contributed by atoms with E-state index >= 15 is 0 Å².